The molecule has 0 spiro atoms. The van der Waals surface area contributed by atoms with E-state index in [2.05, 4.69) is 28.6 Å². The van der Waals surface area contributed by atoms with E-state index in [1.807, 2.05) is 27.7 Å². The monoisotopic (exact) mass is 430 g/mol. The van der Waals surface area contributed by atoms with Gasteiger partial charge in [-0.3, -0.25) is 14.4 Å². The normalized spacial score (nSPS) is 21.3. The van der Waals surface area contributed by atoms with E-state index >= 15 is 0 Å². The highest BCUT2D eigenvalue weighted by Crippen LogP contribution is 2.14. The van der Waals surface area contributed by atoms with Crippen LogP contribution >= 0.6 is 12.6 Å². The number of cyclic esters (lactones) is 1. The van der Waals surface area contributed by atoms with Crippen LogP contribution in [0.5, 0.6) is 0 Å². The lowest BCUT2D eigenvalue weighted by Crippen LogP contribution is -2.59. The second-order valence-corrected chi connectivity index (χ2v) is 7.92. The summed E-state index contributed by atoms with van der Waals surface area (Å²) >= 11 is 4.01. The second kappa shape index (κ2) is 12.0. The molecule has 29 heavy (non-hydrogen) atoms. The Morgan fingerprint density at radius 1 is 1.07 bits per heavy atom. The van der Waals surface area contributed by atoms with Crippen LogP contribution < -0.4 is 21.7 Å². The number of thiol groups is 1. The average Bonchev–Trinajstić information content (AvgIpc) is 3.11. The highest BCUT2D eigenvalue weighted by Gasteiger charge is 2.35. The molecule has 1 saturated heterocycles. The summed E-state index contributed by atoms with van der Waals surface area (Å²) in [5.74, 6) is -2.06. The Morgan fingerprint density at radius 3 is 2.03 bits per heavy atom. The molecule has 0 saturated carbocycles. The van der Waals surface area contributed by atoms with Crippen molar-refractivity contribution in [1.29, 1.82) is 0 Å². The number of hydrogen-bond donors (Lipinski definition) is 5. The molecule has 1 aliphatic heterocycles. The van der Waals surface area contributed by atoms with Gasteiger partial charge in [-0.05, 0) is 11.8 Å². The van der Waals surface area contributed by atoms with E-state index in [4.69, 9.17) is 10.5 Å². The van der Waals surface area contributed by atoms with Crippen LogP contribution in [0.25, 0.3) is 0 Å². The fraction of sp³-hybridized carbons (Fsp3) is 0.789. The van der Waals surface area contributed by atoms with Gasteiger partial charge in [-0.2, -0.15) is 12.6 Å². The van der Waals surface area contributed by atoms with Gasteiger partial charge in [0.1, 0.15) is 18.1 Å². The lowest BCUT2D eigenvalue weighted by molar-refractivity contribution is -0.142. The second-order valence-electron chi connectivity index (χ2n) is 7.55. The first-order valence-corrected chi connectivity index (χ1v) is 10.7. The number of nitrogens with one attached hydrogen (secondary N) is 3. The molecule has 1 rings (SSSR count). The van der Waals surface area contributed by atoms with Crippen molar-refractivity contribution in [2.75, 3.05) is 12.4 Å². The summed E-state index contributed by atoms with van der Waals surface area (Å²) in [7, 11) is 0. The molecule has 0 radical (unpaired) electrons. The third kappa shape index (κ3) is 7.18. The topological polar surface area (TPSA) is 140 Å². The van der Waals surface area contributed by atoms with E-state index in [0.29, 0.717) is 19.3 Å². The van der Waals surface area contributed by atoms with Crippen molar-refractivity contribution < 1.29 is 23.9 Å². The van der Waals surface area contributed by atoms with E-state index in [-0.39, 0.29) is 24.2 Å². The predicted molar refractivity (Wildman–Crippen MR) is 112 cm³/mol. The molecule has 0 bridgehead atoms. The van der Waals surface area contributed by atoms with E-state index in [1.54, 1.807) is 0 Å². The molecule has 2 unspecified atom stereocenters. The SMILES string of the molecule is CCC(C)[C@H](NC(=O)[C@@H](NC(=O)[C@@H](N)CS)C(C)CC)C(=O)N[C@H]1CCOC1=O. The van der Waals surface area contributed by atoms with Gasteiger partial charge in [0.05, 0.1) is 12.6 Å². The molecule has 10 heteroatoms. The van der Waals surface area contributed by atoms with Crippen LogP contribution in [-0.4, -0.2) is 60.2 Å². The molecule has 0 aromatic heterocycles. The largest absolute Gasteiger partial charge is 0.464 e. The zero-order valence-corrected chi connectivity index (χ0v) is 18.5. The van der Waals surface area contributed by atoms with Crippen LogP contribution in [-0.2, 0) is 23.9 Å². The lowest BCUT2D eigenvalue weighted by Gasteiger charge is -2.29. The summed E-state index contributed by atoms with van der Waals surface area (Å²) < 4.78 is 4.87. The van der Waals surface area contributed by atoms with Crippen molar-refractivity contribution in [3.63, 3.8) is 0 Å². The van der Waals surface area contributed by atoms with Crippen LogP contribution in [0.1, 0.15) is 47.0 Å². The van der Waals surface area contributed by atoms with Crippen LogP contribution in [0.3, 0.4) is 0 Å². The number of carbonyl (C=O) groups is 4. The fourth-order valence-corrected chi connectivity index (χ4v) is 3.04. The fourth-order valence-electron chi connectivity index (χ4n) is 2.88. The smallest absolute Gasteiger partial charge is 0.328 e. The predicted octanol–water partition coefficient (Wildman–Crippen LogP) is -0.263. The number of carbonyl (C=O) groups excluding carboxylic acids is 4. The summed E-state index contributed by atoms with van der Waals surface area (Å²) in [6, 6.07) is -3.22. The van der Waals surface area contributed by atoms with Crippen molar-refractivity contribution in [2.45, 2.75) is 71.1 Å². The molecule has 1 fully saturated rings. The number of esters is 1. The summed E-state index contributed by atoms with van der Waals surface area (Å²) in [6.07, 6.45) is 1.68. The average molecular weight is 431 g/mol. The van der Waals surface area contributed by atoms with Crippen molar-refractivity contribution in [3.8, 4) is 0 Å². The van der Waals surface area contributed by atoms with Gasteiger partial charge < -0.3 is 26.4 Å². The molecule has 1 aliphatic rings. The summed E-state index contributed by atoms with van der Waals surface area (Å²) in [4.78, 5) is 49.6. The molecule has 0 aliphatic carbocycles. The minimum absolute atomic E-state index is 0.149. The standard InChI is InChI=1S/C19H34N4O5S/c1-5-10(3)14(17(25)21-13-7-8-28-19(13)27)23-18(26)15(11(4)6-2)22-16(24)12(20)9-29/h10-15,29H,5-9,20H2,1-4H3,(H,21,25)(H,22,24)(H,23,26)/t10?,11?,12-,13-,14-,15-/m0/s1. The Labute approximate surface area is 177 Å². The molecule has 9 nitrogen and oxygen atoms in total. The first-order chi connectivity index (χ1) is 13.7. The Balaban J connectivity index is 2.92. The maximum Gasteiger partial charge on any atom is 0.328 e. The summed E-state index contributed by atoms with van der Waals surface area (Å²) in [5.41, 5.74) is 5.70. The summed E-state index contributed by atoms with van der Waals surface area (Å²) in [6.45, 7) is 7.74. The van der Waals surface area contributed by atoms with E-state index in [1.165, 1.54) is 0 Å². The third-order valence-corrected chi connectivity index (χ3v) is 5.77. The molecule has 1 heterocycles. The molecule has 6 atom stereocenters. The molecular formula is C19H34N4O5S. The Hall–Kier alpha value is -1.81. The number of hydrogen-bond acceptors (Lipinski definition) is 7. The summed E-state index contributed by atoms with van der Waals surface area (Å²) in [5, 5.41) is 8.08. The third-order valence-electron chi connectivity index (χ3n) is 5.37. The van der Waals surface area contributed by atoms with Crippen LogP contribution in [0.15, 0.2) is 0 Å². The van der Waals surface area contributed by atoms with Crippen molar-refractivity contribution in [2.24, 2.45) is 17.6 Å². The van der Waals surface area contributed by atoms with Crippen molar-refractivity contribution >= 4 is 36.3 Å². The van der Waals surface area contributed by atoms with Crippen molar-refractivity contribution in [1.82, 2.24) is 16.0 Å². The minimum atomic E-state index is -0.845. The number of amides is 3. The minimum Gasteiger partial charge on any atom is -0.464 e. The number of ether oxygens (including phenoxy) is 1. The molecule has 166 valence electrons. The van der Waals surface area contributed by atoms with E-state index in [9.17, 15) is 19.2 Å². The van der Waals surface area contributed by atoms with E-state index in [0.717, 1.165) is 0 Å². The van der Waals surface area contributed by atoms with Gasteiger partial charge in [0, 0.05) is 12.2 Å². The van der Waals surface area contributed by atoms with Gasteiger partial charge in [0.15, 0.2) is 0 Å². The van der Waals surface area contributed by atoms with Gasteiger partial charge >= 0.3 is 5.97 Å². The van der Waals surface area contributed by atoms with Gasteiger partial charge in [0.25, 0.3) is 0 Å². The van der Waals surface area contributed by atoms with E-state index < -0.39 is 47.9 Å². The maximum absolute atomic E-state index is 13.0. The molecule has 0 aromatic carbocycles. The Bertz CT molecular complexity index is 603. The van der Waals surface area contributed by atoms with Crippen LogP contribution in [0.2, 0.25) is 0 Å². The van der Waals surface area contributed by atoms with Gasteiger partial charge in [0.2, 0.25) is 17.7 Å². The number of nitrogens with two attached hydrogens (primary N) is 1. The van der Waals surface area contributed by atoms with Gasteiger partial charge in [-0.15, -0.1) is 0 Å². The first kappa shape index (κ1) is 25.2. The zero-order chi connectivity index (χ0) is 22.1. The van der Waals surface area contributed by atoms with Crippen LogP contribution in [0.4, 0.5) is 0 Å². The molecule has 0 aromatic rings. The van der Waals surface area contributed by atoms with Crippen LogP contribution in [0, 0.1) is 11.8 Å². The van der Waals surface area contributed by atoms with Gasteiger partial charge in [-0.1, -0.05) is 40.5 Å². The quantitative estimate of drug-likeness (QED) is 0.226. The maximum atomic E-state index is 13.0. The first-order valence-electron chi connectivity index (χ1n) is 10.1. The highest BCUT2D eigenvalue weighted by atomic mass is 32.1. The van der Waals surface area contributed by atoms with Gasteiger partial charge in [-0.25, -0.2) is 4.79 Å². The number of rotatable bonds is 11. The Morgan fingerprint density at radius 2 is 1.59 bits per heavy atom. The molecule has 5 N–H and O–H groups in total. The molecular weight excluding hydrogens is 396 g/mol. The zero-order valence-electron chi connectivity index (χ0n) is 17.6. The molecule has 3 amide bonds. The highest BCUT2D eigenvalue weighted by molar-refractivity contribution is 7.80. The Kier molecular flexibility index (Phi) is 10.5. The van der Waals surface area contributed by atoms with Crippen molar-refractivity contribution in [3.05, 3.63) is 0 Å². The lowest BCUT2D eigenvalue weighted by atomic mass is 9.94.